The van der Waals surface area contributed by atoms with Crippen LogP contribution in [0.5, 0.6) is 0 Å². The molecule has 0 spiro atoms. The molecule has 158 valence electrons. The first kappa shape index (κ1) is 19.5. The number of rotatable bonds is 1. The third-order valence-electron chi connectivity index (χ3n) is 9.88. The average molecular weight is 397 g/mol. The number of aryl methyl sites for hydroxylation is 1. The molecule has 1 aromatic rings. The molecule has 7 atom stereocenters. The molecule has 0 bridgehead atoms. The van der Waals surface area contributed by atoms with E-state index in [-0.39, 0.29) is 11.5 Å². The second-order valence-electron chi connectivity index (χ2n) is 11.1. The maximum Gasteiger partial charge on any atom is 0.165 e. The fourth-order valence-electron chi connectivity index (χ4n) is 7.88. The number of carbonyl (C=O) groups is 1. The minimum atomic E-state index is -0.180. The van der Waals surface area contributed by atoms with Gasteiger partial charge in [-0.05, 0) is 99.0 Å². The molecule has 0 unspecified atom stereocenters. The number of ketones is 1. The summed E-state index contributed by atoms with van der Waals surface area (Å²) in [6, 6.07) is 0. The van der Waals surface area contributed by atoms with E-state index >= 15 is 0 Å². The molecule has 0 aliphatic heterocycles. The van der Waals surface area contributed by atoms with Gasteiger partial charge in [0, 0.05) is 23.7 Å². The summed E-state index contributed by atoms with van der Waals surface area (Å²) in [4.78, 5) is 13.5. The fraction of sp³-hybridized carbons (Fsp3) is 0.760. The van der Waals surface area contributed by atoms with Crippen molar-refractivity contribution >= 4 is 11.9 Å². The summed E-state index contributed by atoms with van der Waals surface area (Å²) in [5, 5.41) is 14.6. The van der Waals surface area contributed by atoms with Gasteiger partial charge in [-0.2, -0.15) is 5.10 Å². The van der Waals surface area contributed by atoms with E-state index in [1.807, 2.05) is 17.9 Å². The lowest BCUT2D eigenvalue weighted by Crippen LogP contribution is -2.54. The Balaban J connectivity index is 1.46. The normalized spacial score (nSPS) is 45.8. The number of nitrogens with zero attached hydrogens (tertiary/aromatic N) is 2. The molecular formula is C25H36N2O2. The van der Waals surface area contributed by atoms with E-state index in [9.17, 15) is 9.90 Å². The van der Waals surface area contributed by atoms with Gasteiger partial charge in [0.2, 0.25) is 0 Å². The molecule has 5 rings (SSSR count). The molecule has 4 heteroatoms. The first-order chi connectivity index (χ1) is 13.7. The summed E-state index contributed by atoms with van der Waals surface area (Å²) in [5.74, 6) is 2.94. The molecule has 1 aromatic heterocycles. The molecule has 0 amide bonds. The van der Waals surface area contributed by atoms with Crippen molar-refractivity contribution < 1.29 is 9.90 Å². The van der Waals surface area contributed by atoms with E-state index in [2.05, 4.69) is 31.9 Å². The maximum absolute atomic E-state index is 13.5. The molecule has 0 aromatic carbocycles. The number of aliphatic hydroxyl groups excluding tert-OH is 1. The topological polar surface area (TPSA) is 55.1 Å². The Kier molecular flexibility index (Phi) is 4.40. The highest BCUT2D eigenvalue weighted by Crippen LogP contribution is 2.66. The summed E-state index contributed by atoms with van der Waals surface area (Å²) >= 11 is 0. The number of carbonyl (C=O) groups excluding carboxylic acids is 1. The Labute approximate surface area is 174 Å². The Morgan fingerprint density at radius 2 is 1.97 bits per heavy atom. The highest BCUT2D eigenvalue weighted by Gasteiger charge is 2.61. The van der Waals surface area contributed by atoms with Gasteiger partial charge in [-0.1, -0.05) is 13.8 Å². The van der Waals surface area contributed by atoms with Crippen LogP contribution in [0.15, 0.2) is 11.8 Å². The number of aromatic nitrogens is 2. The Hall–Kier alpha value is -1.42. The summed E-state index contributed by atoms with van der Waals surface area (Å²) in [7, 11) is 1.96. The smallest absolute Gasteiger partial charge is 0.165 e. The Bertz CT molecular complexity index is 870. The molecule has 0 radical (unpaired) electrons. The predicted octanol–water partition coefficient (Wildman–Crippen LogP) is 4.69. The zero-order chi connectivity index (χ0) is 20.6. The minimum absolute atomic E-state index is 0.0937. The van der Waals surface area contributed by atoms with Gasteiger partial charge in [0.05, 0.1) is 12.3 Å². The third-order valence-corrected chi connectivity index (χ3v) is 9.88. The summed E-state index contributed by atoms with van der Waals surface area (Å²) in [6.45, 7) is 6.84. The van der Waals surface area contributed by atoms with Gasteiger partial charge in [0.25, 0.3) is 0 Å². The Morgan fingerprint density at radius 1 is 1.17 bits per heavy atom. The highest BCUT2D eigenvalue weighted by atomic mass is 16.3. The van der Waals surface area contributed by atoms with Crippen molar-refractivity contribution in [2.24, 2.45) is 41.5 Å². The van der Waals surface area contributed by atoms with Crippen molar-refractivity contribution in [1.29, 1.82) is 0 Å². The van der Waals surface area contributed by atoms with Crippen LogP contribution in [0.1, 0.15) is 76.5 Å². The second kappa shape index (κ2) is 6.54. The van der Waals surface area contributed by atoms with E-state index in [1.165, 1.54) is 19.3 Å². The zero-order valence-corrected chi connectivity index (χ0v) is 18.4. The van der Waals surface area contributed by atoms with Gasteiger partial charge in [-0.15, -0.1) is 0 Å². The van der Waals surface area contributed by atoms with E-state index in [0.717, 1.165) is 54.9 Å². The molecule has 0 saturated heterocycles. The molecule has 4 nitrogen and oxygen atoms in total. The Morgan fingerprint density at radius 3 is 2.69 bits per heavy atom. The molecule has 1 heterocycles. The van der Waals surface area contributed by atoms with Crippen molar-refractivity contribution in [3.8, 4) is 0 Å². The van der Waals surface area contributed by atoms with Gasteiger partial charge in [0.15, 0.2) is 5.78 Å². The highest BCUT2D eigenvalue weighted by molar-refractivity contribution is 6.06. The van der Waals surface area contributed by atoms with Crippen molar-refractivity contribution in [2.45, 2.75) is 78.2 Å². The summed E-state index contributed by atoms with van der Waals surface area (Å²) in [6.07, 6.45) is 12.7. The van der Waals surface area contributed by atoms with Crippen LogP contribution in [0.4, 0.5) is 0 Å². The van der Waals surface area contributed by atoms with Gasteiger partial charge >= 0.3 is 0 Å². The molecule has 4 saturated carbocycles. The molecule has 1 N–H and O–H groups in total. The van der Waals surface area contributed by atoms with Crippen LogP contribution in [-0.2, 0) is 11.8 Å². The molecular weight excluding hydrogens is 360 g/mol. The fourth-order valence-corrected chi connectivity index (χ4v) is 7.88. The van der Waals surface area contributed by atoms with Crippen molar-refractivity contribution in [3.63, 3.8) is 0 Å². The van der Waals surface area contributed by atoms with Crippen molar-refractivity contribution in [2.75, 3.05) is 0 Å². The van der Waals surface area contributed by atoms with Crippen molar-refractivity contribution in [3.05, 3.63) is 23.0 Å². The van der Waals surface area contributed by atoms with Gasteiger partial charge < -0.3 is 5.11 Å². The second-order valence-corrected chi connectivity index (χ2v) is 11.1. The van der Waals surface area contributed by atoms with Crippen LogP contribution in [0, 0.1) is 41.4 Å². The summed E-state index contributed by atoms with van der Waals surface area (Å²) < 4.78 is 1.89. The van der Waals surface area contributed by atoms with Crippen LogP contribution in [0.2, 0.25) is 0 Å². The number of aliphatic hydroxyl groups is 1. The van der Waals surface area contributed by atoms with E-state index in [1.54, 1.807) is 0 Å². The zero-order valence-electron chi connectivity index (χ0n) is 18.4. The SMILES string of the molecule is Cc1c(/C=C2\C[C@@H]3[C@H]4CC[C@H]5C[C@H](O)CC[C@]5(C)[C@@H]4CC[C@@]3(C)C2=O)cnn1C. The average Bonchev–Trinajstić information content (AvgIpc) is 3.14. The van der Waals surface area contributed by atoms with Gasteiger partial charge in [0.1, 0.15) is 0 Å². The first-order valence-corrected chi connectivity index (χ1v) is 11.7. The van der Waals surface area contributed by atoms with Crippen molar-refractivity contribution in [1.82, 2.24) is 9.78 Å². The number of Topliss-reactive ketones (excluding diaryl/α,β-unsaturated/α-hetero) is 1. The molecule has 4 aliphatic rings. The number of allylic oxidation sites excluding steroid dienone is 1. The first-order valence-electron chi connectivity index (χ1n) is 11.7. The van der Waals surface area contributed by atoms with E-state index in [0.29, 0.717) is 29.0 Å². The minimum Gasteiger partial charge on any atom is -0.393 e. The lowest BCUT2D eigenvalue weighted by molar-refractivity contribution is -0.141. The molecule has 29 heavy (non-hydrogen) atoms. The number of hydrogen-bond acceptors (Lipinski definition) is 3. The third kappa shape index (κ3) is 2.74. The van der Waals surface area contributed by atoms with E-state index in [4.69, 9.17) is 0 Å². The van der Waals surface area contributed by atoms with Crippen LogP contribution in [0.3, 0.4) is 0 Å². The van der Waals surface area contributed by atoms with Crippen LogP contribution < -0.4 is 0 Å². The van der Waals surface area contributed by atoms with Gasteiger partial charge in [-0.25, -0.2) is 0 Å². The predicted molar refractivity (Wildman–Crippen MR) is 114 cm³/mol. The van der Waals surface area contributed by atoms with Crippen LogP contribution >= 0.6 is 0 Å². The van der Waals surface area contributed by atoms with Gasteiger partial charge in [-0.3, -0.25) is 9.48 Å². The number of fused-ring (bicyclic) bond motifs is 5. The number of hydrogen-bond donors (Lipinski definition) is 1. The summed E-state index contributed by atoms with van der Waals surface area (Å²) in [5.41, 5.74) is 3.42. The lowest BCUT2D eigenvalue weighted by atomic mass is 9.45. The maximum atomic E-state index is 13.5. The quantitative estimate of drug-likeness (QED) is 0.701. The van der Waals surface area contributed by atoms with Crippen LogP contribution in [-0.4, -0.2) is 26.8 Å². The van der Waals surface area contributed by atoms with E-state index < -0.39 is 0 Å². The molecule has 4 fully saturated rings. The monoisotopic (exact) mass is 396 g/mol. The molecule has 4 aliphatic carbocycles. The lowest BCUT2D eigenvalue weighted by Gasteiger charge is -2.59. The van der Waals surface area contributed by atoms with Crippen LogP contribution in [0.25, 0.3) is 6.08 Å². The standard InChI is InChI=1S/C25H36N2O2/c1-15-17(14-26-27(15)4)11-16-12-22-20-6-5-18-13-19(28)7-9-24(18,2)21(20)8-10-25(22,3)23(16)29/h11,14,18-22,28H,5-10,12-13H2,1-4H3/b16-11+/t18-,19+,20-,21+,22+,24-,25+/m0/s1. The largest absolute Gasteiger partial charge is 0.393 e.